The van der Waals surface area contributed by atoms with E-state index in [0.717, 1.165) is 29.7 Å². The first-order valence-electron chi connectivity index (χ1n) is 16.4. The van der Waals surface area contributed by atoms with Gasteiger partial charge in [0.25, 0.3) is 11.8 Å². The van der Waals surface area contributed by atoms with Gasteiger partial charge in [0.2, 0.25) is 0 Å². The van der Waals surface area contributed by atoms with Crippen LogP contribution in [0.15, 0.2) is 97.1 Å². The van der Waals surface area contributed by atoms with Crippen LogP contribution in [0.4, 0.5) is 11.4 Å². The Kier molecular flexibility index (Phi) is 11.6. The Bertz CT molecular complexity index is 1580. The van der Waals surface area contributed by atoms with Gasteiger partial charge in [0, 0.05) is 50.0 Å². The van der Waals surface area contributed by atoms with Gasteiger partial charge in [0.1, 0.15) is 5.75 Å². The second-order valence-electron chi connectivity index (χ2n) is 12.2. The number of piperazine rings is 1. The van der Waals surface area contributed by atoms with Crippen molar-refractivity contribution < 1.29 is 14.3 Å². The van der Waals surface area contributed by atoms with Crippen molar-refractivity contribution >= 4 is 23.2 Å². The summed E-state index contributed by atoms with van der Waals surface area (Å²) in [5.41, 5.74) is 5.49. The summed E-state index contributed by atoms with van der Waals surface area (Å²) in [6.45, 7) is 8.52. The number of benzene rings is 4. The summed E-state index contributed by atoms with van der Waals surface area (Å²) >= 11 is 0. The first-order valence-corrected chi connectivity index (χ1v) is 16.4. The van der Waals surface area contributed by atoms with Gasteiger partial charge in [-0.25, -0.2) is 0 Å². The van der Waals surface area contributed by atoms with Gasteiger partial charge in [-0.15, -0.1) is 0 Å². The zero-order chi connectivity index (χ0) is 32.3. The second-order valence-corrected chi connectivity index (χ2v) is 12.2. The van der Waals surface area contributed by atoms with Crippen LogP contribution in [0.25, 0.3) is 11.1 Å². The Hall–Kier alpha value is -4.46. The van der Waals surface area contributed by atoms with Crippen molar-refractivity contribution in [3.05, 3.63) is 114 Å². The Labute approximate surface area is 273 Å². The van der Waals surface area contributed by atoms with E-state index in [1.165, 1.54) is 51.1 Å². The molecule has 0 atom stereocenters. The SMILES string of the molecule is Cc1ccc(-c2ccccc2C(=O)Nc2ccc(C(=O)N(C)c3ccccc3OCCCCCCN3CCN(C)CC3)cc2)cc1. The number of hydrogen-bond acceptors (Lipinski definition) is 5. The molecule has 7 heteroatoms. The van der Waals surface area contributed by atoms with Gasteiger partial charge in [-0.05, 0) is 86.9 Å². The number of hydrogen-bond donors (Lipinski definition) is 1. The summed E-state index contributed by atoms with van der Waals surface area (Å²) < 4.78 is 6.15. The van der Waals surface area contributed by atoms with Crippen LogP contribution in [0.2, 0.25) is 0 Å². The molecule has 0 radical (unpaired) electrons. The number of unbranched alkanes of at least 4 members (excludes halogenated alkanes) is 3. The highest BCUT2D eigenvalue weighted by Gasteiger charge is 2.18. The minimum absolute atomic E-state index is 0.150. The first kappa shape index (κ1) is 32.9. The molecule has 0 unspecified atom stereocenters. The zero-order valence-corrected chi connectivity index (χ0v) is 27.4. The number of ether oxygens (including phenoxy) is 1. The molecule has 0 aromatic heterocycles. The topological polar surface area (TPSA) is 65.1 Å². The fourth-order valence-corrected chi connectivity index (χ4v) is 5.76. The predicted octanol–water partition coefficient (Wildman–Crippen LogP) is 7.38. The first-order chi connectivity index (χ1) is 22.4. The van der Waals surface area contributed by atoms with Gasteiger partial charge < -0.3 is 24.8 Å². The molecule has 46 heavy (non-hydrogen) atoms. The van der Waals surface area contributed by atoms with Crippen LogP contribution >= 0.6 is 0 Å². The molecule has 1 N–H and O–H groups in total. The highest BCUT2D eigenvalue weighted by Crippen LogP contribution is 2.29. The maximum atomic E-state index is 13.5. The fourth-order valence-electron chi connectivity index (χ4n) is 5.76. The number of para-hydroxylation sites is 2. The minimum Gasteiger partial charge on any atom is -0.491 e. The molecule has 2 amide bonds. The third-order valence-corrected chi connectivity index (χ3v) is 8.68. The lowest BCUT2D eigenvalue weighted by Crippen LogP contribution is -2.44. The predicted molar refractivity (Wildman–Crippen MR) is 188 cm³/mol. The monoisotopic (exact) mass is 618 g/mol. The van der Waals surface area contributed by atoms with E-state index < -0.39 is 0 Å². The quantitative estimate of drug-likeness (QED) is 0.159. The van der Waals surface area contributed by atoms with Crippen molar-refractivity contribution in [2.75, 3.05) is 63.6 Å². The number of carbonyl (C=O) groups excluding carboxylic acids is 2. The van der Waals surface area contributed by atoms with Crippen molar-refractivity contribution in [3.8, 4) is 16.9 Å². The number of nitrogens with one attached hydrogen (secondary N) is 1. The normalized spacial score (nSPS) is 13.7. The molecule has 1 heterocycles. The molecule has 0 saturated carbocycles. The van der Waals surface area contributed by atoms with Gasteiger partial charge in [-0.1, -0.05) is 73.0 Å². The number of amides is 2. The maximum absolute atomic E-state index is 13.5. The Morgan fingerprint density at radius 3 is 2.22 bits per heavy atom. The van der Waals surface area contributed by atoms with Crippen molar-refractivity contribution in [3.63, 3.8) is 0 Å². The summed E-state index contributed by atoms with van der Waals surface area (Å²) in [7, 11) is 3.96. The van der Waals surface area contributed by atoms with E-state index in [-0.39, 0.29) is 11.8 Å². The number of carbonyl (C=O) groups is 2. The highest BCUT2D eigenvalue weighted by molar-refractivity contribution is 6.09. The van der Waals surface area contributed by atoms with Crippen LogP contribution in [-0.4, -0.2) is 75.0 Å². The lowest BCUT2D eigenvalue weighted by Gasteiger charge is -2.32. The van der Waals surface area contributed by atoms with Gasteiger partial charge >= 0.3 is 0 Å². The van der Waals surface area contributed by atoms with Crippen molar-refractivity contribution in [2.24, 2.45) is 0 Å². The van der Waals surface area contributed by atoms with E-state index in [4.69, 9.17) is 4.74 Å². The van der Waals surface area contributed by atoms with E-state index in [0.29, 0.717) is 29.2 Å². The molecule has 1 aliphatic heterocycles. The van der Waals surface area contributed by atoms with E-state index in [1.807, 2.05) is 79.7 Å². The van der Waals surface area contributed by atoms with Crippen molar-refractivity contribution in [2.45, 2.75) is 32.6 Å². The van der Waals surface area contributed by atoms with E-state index in [1.54, 1.807) is 36.2 Å². The third kappa shape index (κ3) is 8.83. The molecule has 1 aliphatic rings. The summed E-state index contributed by atoms with van der Waals surface area (Å²) in [6, 6.07) is 30.4. The van der Waals surface area contributed by atoms with Crippen LogP contribution in [0, 0.1) is 6.92 Å². The standard InChI is InChI=1S/C39H46N4O3/c1-30-16-18-31(19-17-30)34-12-6-7-13-35(34)38(44)40-33-22-20-32(21-23-33)39(45)42(3)36-14-8-9-15-37(36)46-29-11-5-4-10-24-43-27-25-41(2)26-28-43/h6-9,12-23H,4-5,10-11,24-29H2,1-3H3,(H,40,44). The molecular weight excluding hydrogens is 572 g/mol. The highest BCUT2D eigenvalue weighted by atomic mass is 16.5. The van der Waals surface area contributed by atoms with Gasteiger partial charge in [-0.2, -0.15) is 0 Å². The second kappa shape index (κ2) is 16.2. The van der Waals surface area contributed by atoms with Crippen molar-refractivity contribution in [1.82, 2.24) is 9.80 Å². The van der Waals surface area contributed by atoms with Crippen LogP contribution in [0.1, 0.15) is 52.0 Å². The van der Waals surface area contributed by atoms with E-state index in [2.05, 4.69) is 22.2 Å². The molecule has 0 spiro atoms. The van der Waals surface area contributed by atoms with Gasteiger partial charge in [0.05, 0.1) is 12.3 Å². The minimum atomic E-state index is -0.200. The molecule has 1 saturated heterocycles. The van der Waals surface area contributed by atoms with E-state index >= 15 is 0 Å². The third-order valence-electron chi connectivity index (χ3n) is 8.68. The molecule has 7 nitrogen and oxygen atoms in total. The smallest absolute Gasteiger partial charge is 0.258 e. The van der Waals surface area contributed by atoms with Gasteiger partial charge in [0.15, 0.2) is 0 Å². The number of anilines is 2. The number of nitrogens with zero attached hydrogens (tertiary/aromatic N) is 3. The lowest BCUT2D eigenvalue weighted by atomic mass is 9.98. The molecular formula is C39H46N4O3. The number of likely N-dealkylation sites (N-methyl/N-ethyl adjacent to an activating group) is 1. The summed E-state index contributed by atoms with van der Waals surface area (Å²) in [5.74, 6) is 0.350. The molecule has 4 aromatic rings. The Balaban J connectivity index is 1.12. The number of aryl methyl sites for hydroxylation is 1. The molecule has 1 fully saturated rings. The largest absolute Gasteiger partial charge is 0.491 e. The maximum Gasteiger partial charge on any atom is 0.258 e. The fraction of sp³-hybridized carbons (Fsp3) is 0.333. The summed E-state index contributed by atoms with van der Waals surface area (Å²) in [6.07, 6.45) is 4.54. The van der Waals surface area contributed by atoms with Crippen molar-refractivity contribution in [1.29, 1.82) is 0 Å². The summed E-state index contributed by atoms with van der Waals surface area (Å²) in [5, 5.41) is 2.99. The summed E-state index contributed by atoms with van der Waals surface area (Å²) in [4.78, 5) is 33.3. The average Bonchev–Trinajstić information content (AvgIpc) is 3.09. The Morgan fingerprint density at radius 2 is 1.46 bits per heavy atom. The van der Waals surface area contributed by atoms with Crippen LogP contribution in [0.3, 0.4) is 0 Å². The molecule has 0 aliphatic carbocycles. The molecule has 5 rings (SSSR count). The van der Waals surface area contributed by atoms with Crippen LogP contribution in [-0.2, 0) is 0 Å². The Morgan fingerprint density at radius 1 is 0.783 bits per heavy atom. The molecule has 0 bridgehead atoms. The van der Waals surface area contributed by atoms with Crippen LogP contribution < -0.4 is 15.0 Å². The number of rotatable bonds is 13. The van der Waals surface area contributed by atoms with Gasteiger partial charge in [-0.3, -0.25) is 9.59 Å². The molecule has 240 valence electrons. The lowest BCUT2D eigenvalue weighted by molar-refractivity contribution is 0.0990. The molecule has 4 aromatic carbocycles. The zero-order valence-electron chi connectivity index (χ0n) is 27.4. The average molecular weight is 619 g/mol. The van der Waals surface area contributed by atoms with Crippen LogP contribution in [0.5, 0.6) is 5.75 Å². The van der Waals surface area contributed by atoms with E-state index in [9.17, 15) is 9.59 Å².